The van der Waals surface area contributed by atoms with Crippen molar-refractivity contribution in [3.05, 3.63) is 32.6 Å². The lowest BCUT2D eigenvalue weighted by Gasteiger charge is -1.95. The molecule has 1 aromatic carbocycles. The molecule has 0 unspecified atom stereocenters. The van der Waals surface area contributed by atoms with Gasteiger partial charge >= 0.3 is 0 Å². The van der Waals surface area contributed by atoms with Crippen molar-refractivity contribution in [1.82, 2.24) is 0 Å². The van der Waals surface area contributed by atoms with Crippen LogP contribution >= 0.6 is 38.9 Å². The Morgan fingerprint density at radius 2 is 2.17 bits per heavy atom. The van der Waals surface area contributed by atoms with Gasteiger partial charge in [-0.1, -0.05) is 17.7 Å². The number of aryl methyl sites for hydroxylation is 1. The number of benzene rings is 1. The normalized spacial score (nSPS) is 10.9. The minimum Gasteiger partial charge on any atom is -0.128 e. The molecule has 62 valence electrons. The van der Waals surface area contributed by atoms with Gasteiger partial charge in [0.2, 0.25) is 0 Å². The van der Waals surface area contributed by atoms with Gasteiger partial charge in [0, 0.05) is 15.1 Å². The predicted octanol–water partition coefficient (Wildman–Crippen LogP) is 4.63. The first-order valence-electron chi connectivity index (χ1n) is 3.52. The molecule has 0 saturated heterocycles. The molecule has 0 bridgehead atoms. The third kappa shape index (κ3) is 1.28. The van der Waals surface area contributed by atoms with E-state index in [2.05, 4.69) is 28.9 Å². The van der Waals surface area contributed by atoms with Gasteiger partial charge in [-0.15, -0.1) is 11.3 Å². The minimum atomic E-state index is 0.831. The van der Waals surface area contributed by atoms with Crippen LogP contribution in [0.25, 0.3) is 10.1 Å². The minimum absolute atomic E-state index is 0.831. The van der Waals surface area contributed by atoms with Gasteiger partial charge in [0.05, 0.1) is 3.79 Å². The third-order valence-electron chi connectivity index (χ3n) is 1.80. The molecule has 0 N–H and O–H groups in total. The van der Waals surface area contributed by atoms with Gasteiger partial charge in [0.1, 0.15) is 0 Å². The summed E-state index contributed by atoms with van der Waals surface area (Å²) in [6, 6.07) is 6.06. The van der Waals surface area contributed by atoms with Gasteiger partial charge in [-0.05, 0) is 40.5 Å². The van der Waals surface area contributed by atoms with Crippen LogP contribution < -0.4 is 0 Å². The second kappa shape index (κ2) is 3.02. The van der Waals surface area contributed by atoms with E-state index >= 15 is 0 Å². The molecule has 1 heterocycles. The van der Waals surface area contributed by atoms with Crippen molar-refractivity contribution in [2.75, 3.05) is 0 Å². The molecule has 0 spiro atoms. The number of halogens is 2. The van der Waals surface area contributed by atoms with Crippen LogP contribution in [-0.2, 0) is 0 Å². The predicted molar refractivity (Wildman–Crippen MR) is 59.3 cm³/mol. The van der Waals surface area contributed by atoms with Crippen molar-refractivity contribution < 1.29 is 0 Å². The highest BCUT2D eigenvalue weighted by molar-refractivity contribution is 9.11. The second-order valence-corrected chi connectivity index (χ2v) is 5.50. The molecule has 0 atom stereocenters. The SMILES string of the molecule is Cc1ccc(Cl)c2cc(Br)sc12. The number of thiophene rings is 1. The molecule has 0 fully saturated rings. The number of fused-ring (bicyclic) bond motifs is 1. The molecule has 0 nitrogen and oxygen atoms in total. The fraction of sp³-hybridized carbons (Fsp3) is 0.111. The Bertz CT molecular complexity index is 394. The van der Waals surface area contributed by atoms with Crippen molar-refractivity contribution in [2.45, 2.75) is 6.92 Å². The maximum atomic E-state index is 6.03. The highest BCUT2D eigenvalue weighted by atomic mass is 79.9. The summed E-state index contributed by atoms with van der Waals surface area (Å²) in [6.45, 7) is 2.10. The Hall–Kier alpha value is -0.0500. The largest absolute Gasteiger partial charge is 0.128 e. The van der Waals surface area contributed by atoms with Gasteiger partial charge in [0.25, 0.3) is 0 Å². The summed E-state index contributed by atoms with van der Waals surface area (Å²) in [6.07, 6.45) is 0. The van der Waals surface area contributed by atoms with E-state index in [0.29, 0.717) is 0 Å². The van der Waals surface area contributed by atoms with Gasteiger partial charge in [0.15, 0.2) is 0 Å². The quantitative estimate of drug-likeness (QED) is 0.649. The molecule has 0 aliphatic rings. The van der Waals surface area contributed by atoms with Gasteiger partial charge < -0.3 is 0 Å². The monoisotopic (exact) mass is 260 g/mol. The molecule has 0 amide bonds. The average molecular weight is 262 g/mol. The first-order chi connectivity index (χ1) is 5.68. The molecule has 2 rings (SSSR count). The Balaban J connectivity index is 2.93. The highest BCUT2D eigenvalue weighted by Crippen LogP contribution is 2.35. The van der Waals surface area contributed by atoms with E-state index in [1.807, 2.05) is 12.1 Å². The zero-order valence-electron chi connectivity index (χ0n) is 6.40. The zero-order valence-corrected chi connectivity index (χ0v) is 9.55. The summed E-state index contributed by atoms with van der Waals surface area (Å²) in [5.41, 5.74) is 1.28. The Kier molecular flexibility index (Phi) is 2.15. The third-order valence-corrected chi connectivity index (χ3v) is 3.90. The Labute approximate surface area is 88.3 Å². The standard InChI is InChI=1S/C9H6BrClS/c1-5-2-3-7(11)6-4-8(10)12-9(5)6/h2-4H,1H3. The smallest absolute Gasteiger partial charge is 0.0711 e. The van der Waals surface area contributed by atoms with E-state index in [4.69, 9.17) is 11.6 Å². The molecule has 0 aliphatic carbocycles. The van der Waals surface area contributed by atoms with Crippen LogP contribution in [-0.4, -0.2) is 0 Å². The summed E-state index contributed by atoms with van der Waals surface area (Å²) in [5.74, 6) is 0. The molecule has 3 heteroatoms. The summed E-state index contributed by atoms with van der Waals surface area (Å²) in [4.78, 5) is 0. The zero-order chi connectivity index (χ0) is 8.72. The molecule has 0 aliphatic heterocycles. The molecule has 1 aromatic heterocycles. The molecule has 0 radical (unpaired) electrons. The topological polar surface area (TPSA) is 0 Å². The lowest BCUT2D eigenvalue weighted by Crippen LogP contribution is -1.71. The van der Waals surface area contributed by atoms with E-state index in [1.165, 1.54) is 10.3 Å². The second-order valence-electron chi connectivity index (χ2n) is 2.66. The Morgan fingerprint density at radius 1 is 1.42 bits per heavy atom. The Morgan fingerprint density at radius 3 is 2.83 bits per heavy atom. The van der Waals surface area contributed by atoms with Crippen molar-refractivity contribution in [3.8, 4) is 0 Å². The maximum absolute atomic E-state index is 6.03. The molecular formula is C9H6BrClS. The van der Waals surface area contributed by atoms with Gasteiger partial charge in [-0.3, -0.25) is 0 Å². The summed E-state index contributed by atoms with van der Waals surface area (Å²) >= 11 is 11.2. The molecule has 2 aromatic rings. The fourth-order valence-corrected chi connectivity index (χ4v) is 3.06. The van der Waals surface area contributed by atoms with Crippen LogP contribution in [0.15, 0.2) is 22.0 Å². The highest BCUT2D eigenvalue weighted by Gasteiger charge is 2.05. The average Bonchev–Trinajstić information content (AvgIpc) is 2.41. The van der Waals surface area contributed by atoms with Crippen molar-refractivity contribution in [1.29, 1.82) is 0 Å². The summed E-state index contributed by atoms with van der Waals surface area (Å²) in [5, 5.41) is 1.98. The van der Waals surface area contributed by atoms with Crippen molar-refractivity contribution >= 4 is 49.0 Å². The van der Waals surface area contributed by atoms with Crippen LogP contribution in [0.4, 0.5) is 0 Å². The first kappa shape index (κ1) is 8.54. The lowest BCUT2D eigenvalue weighted by molar-refractivity contribution is 1.56. The van der Waals surface area contributed by atoms with Crippen LogP contribution in [0.3, 0.4) is 0 Å². The van der Waals surface area contributed by atoms with E-state index < -0.39 is 0 Å². The van der Waals surface area contributed by atoms with Crippen molar-refractivity contribution in [2.24, 2.45) is 0 Å². The van der Waals surface area contributed by atoms with Gasteiger partial charge in [-0.2, -0.15) is 0 Å². The summed E-state index contributed by atoms with van der Waals surface area (Å²) in [7, 11) is 0. The van der Waals surface area contributed by atoms with Crippen molar-refractivity contribution in [3.63, 3.8) is 0 Å². The number of hydrogen-bond acceptors (Lipinski definition) is 1. The van der Waals surface area contributed by atoms with Crippen LogP contribution in [0, 0.1) is 6.92 Å². The molecule has 12 heavy (non-hydrogen) atoms. The first-order valence-corrected chi connectivity index (χ1v) is 5.51. The van der Waals surface area contributed by atoms with E-state index in [1.54, 1.807) is 11.3 Å². The van der Waals surface area contributed by atoms with E-state index in [9.17, 15) is 0 Å². The number of hydrogen-bond donors (Lipinski definition) is 0. The lowest BCUT2D eigenvalue weighted by atomic mass is 10.2. The van der Waals surface area contributed by atoms with Crippen LogP contribution in [0.1, 0.15) is 5.56 Å². The van der Waals surface area contributed by atoms with E-state index in [0.717, 1.165) is 14.2 Å². The van der Waals surface area contributed by atoms with E-state index in [-0.39, 0.29) is 0 Å². The van der Waals surface area contributed by atoms with Crippen LogP contribution in [0.5, 0.6) is 0 Å². The van der Waals surface area contributed by atoms with Crippen LogP contribution in [0.2, 0.25) is 5.02 Å². The number of rotatable bonds is 0. The molecule has 0 saturated carbocycles. The maximum Gasteiger partial charge on any atom is 0.0711 e. The fourth-order valence-electron chi connectivity index (χ4n) is 1.19. The summed E-state index contributed by atoms with van der Waals surface area (Å²) < 4.78 is 2.41. The van der Waals surface area contributed by atoms with Gasteiger partial charge in [-0.25, -0.2) is 0 Å². The molecular weight excluding hydrogens is 256 g/mol.